The van der Waals surface area contributed by atoms with Gasteiger partial charge in [0.2, 0.25) is 0 Å². The third-order valence-corrected chi connectivity index (χ3v) is 1.31. The normalized spacial score (nSPS) is 8.73. The van der Waals surface area contributed by atoms with Crippen LogP contribution < -0.4 is 0 Å². The minimum Gasteiger partial charge on any atom is -0.481 e. The number of aliphatic carboxylic acids is 1. The summed E-state index contributed by atoms with van der Waals surface area (Å²) in [6.07, 6.45) is 1.85. The van der Waals surface area contributed by atoms with Crippen molar-refractivity contribution in [2.24, 2.45) is 0 Å². The molecule has 0 aromatic rings. The van der Waals surface area contributed by atoms with Crippen LogP contribution in [0.15, 0.2) is 0 Å². The van der Waals surface area contributed by atoms with E-state index in [4.69, 9.17) is 10.2 Å². The van der Waals surface area contributed by atoms with E-state index in [1.54, 1.807) is 0 Å². The Balaban J connectivity index is 0. The summed E-state index contributed by atoms with van der Waals surface area (Å²) in [7, 11) is 0. The average Bonchev–Trinajstić information content (AvgIpc) is 2.16. The molecule has 0 saturated carbocycles. The highest BCUT2D eigenvalue weighted by atomic mass is 16.5. The van der Waals surface area contributed by atoms with Crippen LogP contribution in [-0.2, 0) is 14.3 Å². The number of hydrogen-bond donors (Lipinski definition) is 2. The lowest BCUT2D eigenvalue weighted by Gasteiger charge is -1.96. The molecule has 0 heterocycles. The first-order valence-corrected chi connectivity index (χ1v) is 5.06. The van der Waals surface area contributed by atoms with E-state index >= 15 is 0 Å². The van der Waals surface area contributed by atoms with Gasteiger partial charge in [0.05, 0.1) is 6.61 Å². The predicted molar refractivity (Wildman–Crippen MR) is 55.5 cm³/mol. The van der Waals surface area contributed by atoms with Crippen LogP contribution in [-0.4, -0.2) is 35.4 Å². The monoisotopic (exact) mass is 220 g/mol. The lowest BCUT2D eigenvalue weighted by atomic mass is 10.3. The fraction of sp³-hybridized carbons (Fsp3) is 0.800. The second kappa shape index (κ2) is 12.9. The first-order chi connectivity index (χ1) is 7.08. The quantitative estimate of drug-likeness (QED) is 0.657. The van der Waals surface area contributed by atoms with Crippen molar-refractivity contribution >= 4 is 11.9 Å². The van der Waals surface area contributed by atoms with Gasteiger partial charge in [0, 0.05) is 19.4 Å². The Morgan fingerprint density at radius 1 is 1.20 bits per heavy atom. The Hall–Kier alpha value is -1.10. The molecule has 0 atom stereocenters. The highest BCUT2D eigenvalue weighted by molar-refractivity contribution is 5.69. The molecule has 90 valence electrons. The Kier molecular flexibility index (Phi) is 14.0. The van der Waals surface area contributed by atoms with Gasteiger partial charge in [-0.15, -0.1) is 0 Å². The van der Waals surface area contributed by atoms with Crippen LogP contribution in [0.4, 0.5) is 0 Å². The Bertz CT molecular complexity index is 159. The minimum absolute atomic E-state index is 0.0354. The summed E-state index contributed by atoms with van der Waals surface area (Å²) in [5, 5.41) is 16.0. The number of carbonyl (C=O) groups is 2. The van der Waals surface area contributed by atoms with Crippen LogP contribution in [0.1, 0.15) is 39.5 Å². The summed E-state index contributed by atoms with van der Waals surface area (Å²) in [6, 6.07) is 0. The molecule has 0 radical (unpaired) electrons. The third kappa shape index (κ3) is 19.3. The fourth-order valence-corrected chi connectivity index (χ4v) is 0.668. The Labute approximate surface area is 90.1 Å². The largest absolute Gasteiger partial charge is 0.481 e. The molecule has 5 nitrogen and oxygen atoms in total. The van der Waals surface area contributed by atoms with Crippen molar-refractivity contribution in [3.63, 3.8) is 0 Å². The van der Waals surface area contributed by atoms with Crippen LogP contribution in [0, 0.1) is 0 Å². The molecule has 5 heteroatoms. The van der Waals surface area contributed by atoms with Crippen molar-refractivity contribution in [3.8, 4) is 0 Å². The molecule has 0 spiro atoms. The van der Waals surface area contributed by atoms with Crippen molar-refractivity contribution in [2.45, 2.75) is 39.5 Å². The molecular formula is C10H20O5. The molecular weight excluding hydrogens is 200 g/mol. The SMILES string of the molecule is CCCC(=O)OCC.O=C(O)CCCO. The molecule has 0 aliphatic heterocycles. The van der Waals surface area contributed by atoms with Gasteiger partial charge in [0.25, 0.3) is 0 Å². The number of carboxylic acid groups (broad SMARTS) is 1. The maximum absolute atomic E-state index is 10.4. The molecule has 0 aromatic carbocycles. The van der Waals surface area contributed by atoms with E-state index in [9.17, 15) is 9.59 Å². The Morgan fingerprint density at radius 3 is 2.07 bits per heavy atom. The number of ether oxygens (including phenoxy) is 1. The van der Waals surface area contributed by atoms with Gasteiger partial charge in [-0.25, -0.2) is 0 Å². The van der Waals surface area contributed by atoms with Crippen LogP contribution in [0.3, 0.4) is 0 Å². The van der Waals surface area contributed by atoms with Gasteiger partial charge in [0.1, 0.15) is 0 Å². The topological polar surface area (TPSA) is 83.8 Å². The molecule has 15 heavy (non-hydrogen) atoms. The number of rotatable bonds is 6. The van der Waals surface area contributed by atoms with Crippen molar-refractivity contribution in [2.75, 3.05) is 13.2 Å². The van der Waals surface area contributed by atoms with E-state index in [1.165, 1.54) is 0 Å². The van der Waals surface area contributed by atoms with Gasteiger partial charge in [-0.05, 0) is 19.8 Å². The van der Waals surface area contributed by atoms with Crippen molar-refractivity contribution < 1.29 is 24.5 Å². The summed E-state index contributed by atoms with van der Waals surface area (Å²) in [5.41, 5.74) is 0. The number of carboxylic acids is 1. The van der Waals surface area contributed by atoms with E-state index < -0.39 is 5.97 Å². The molecule has 0 amide bonds. The predicted octanol–water partition coefficient (Wildman–Crippen LogP) is 1.19. The standard InChI is InChI=1S/C6H12O2.C4H8O3/c1-3-5-6(7)8-4-2;5-3-1-2-4(6)7/h3-5H2,1-2H3;5H,1-3H2,(H,6,7). The number of aliphatic hydroxyl groups is 1. The molecule has 0 fully saturated rings. The van der Waals surface area contributed by atoms with Gasteiger partial charge in [0.15, 0.2) is 0 Å². The lowest BCUT2D eigenvalue weighted by molar-refractivity contribution is -0.143. The van der Waals surface area contributed by atoms with Crippen LogP contribution in [0.2, 0.25) is 0 Å². The molecule has 0 rings (SSSR count). The summed E-state index contributed by atoms with van der Waals surface area (Å²) < 4.78 is 4.64. The van der Waals surface area contributed by atoms with Crippen molar-refractivity contribution in [1.82, 2.24) is 0 Å². The molecule has 0 unspecified atom stereocenters. The molecule has 0 bridgehead atoms. The summed E-state index contributed by atoms with van der Waals surface area (Å²) >= 11 is 0. The molecule has 0 aliphatic carbocycles. The first kappa shape index (κ1) is 16.3. The molecule has 0 saturated heterocycles. The zero-order valence-corrected chi connectivity index (χ0v) is 9.36. The van der Waals surface area contributed by atoms with Crippen LogP contribution >= 0.6 is 0 Å². The highest BCUT2D eigenvalue weighted by Gasteiger charge is 1.95. The summed E-state index contributed by atoms with van der Waals surface area (Å²) in [5.74, 6) is -0.941. The lowest BCUT2D eigenvalue weighted by Crippen LogP contribution is -2.01. The fourth-order valence-electron chi connectivity index (χ4n) is 0.668. The second-order valence-electron chi connectivity index (χ2n) is 2.78. The van der Waals surface area contributed by atoms with Crippen LogP contribution in [0.5, 0.6) is 0 Å². The number of aliphatic hydroxyl groups excluding tert-OH is 1. The maximum atomic E-state index is 10.4. The van der Waals surface area contributed by atoms with E-state index in [1.807, 2.05) is 13.8 Å². The van der Waals surface area contributed by atoms with Crippen molar-refractivity contribution in [1.29, 1.82) is 0 Å². The zero-order valence-electron chi connectivity index (χ0n) is 9.36. The van der Waals surface area contributed by atoms with Gasteiger partial charge < -0.3 is 14.9 Å². The molecule has 2 N–H and O–H groups in total. The van der Waals surface area contributed by atoms with E-state index in [-0.39, 0.29) is 19.0 Å². The summed E-state index contributed by atoms with van der Waals surface area (Å²) in [4.78, 5) is 20.1. The van der Waals surface area contributed by atoms with Gasteiger partial charge in [-0.3, -0.25) is 9.59 Å². The van der Waals surface area contributed by atoms with Gasteiger partial charge in [-0.1, -0.05) is 6.92 Å². The third-order valence-electron chi connectivity index (χ3n) is 1.31. The maximum Gasteiger partial charge on any atom is 0.305 e. The highest BCUT2D eigenvalue weighted by Crippen LogP contribution is 1.89. The van der Waals surface area contributed by atoms with Gasteiger partial charge in [-0.2, -0.15) is 0 Å². The number of esters is 1. The van der Waals surface area contributed by atoms with Gasteiger partial charge >= 0.3 is 11.9 Å². The molecule has 0 aliphatic rings. The number of carbonyl (C=O) groups excluding carboxylic acids is 1. The zero-order chi connectivity index (χ0) is 12.1. The van der Waals surface area contributed by atoms with Crippen molar-refractivity contribution in [3.05, 3.63) is 0 Å². The second-order valence-corrected chi connectivity index (χ2v) is 2.78. The van der Waals surface area contributed by atoms with E-state index in [0.717, 1.165) is 6.42 Å². The average molecular weight is 220 g/mol. The summed E-state index contributed by atoms with van der Waals surface area (Å²) in [6.45, 7) is 4.23. The Morgan fingerprint density at radius 2 is 1.80 bits per heavy atom. The number of hydrogen-bond acceptors (Lipinski definition) is 4. The van der Waals surface area contributed by atoms with E-state index in [0.29, 0.717) is 19.4 Å². The van der Waals surface area contributed by atoms with E-state index in [2.05, 4.69) is 4.74 Å². The smallest absolute Gasteiger partial charge is 0.305 e. The molecule has 0 aromatic heterocycles. The minimum atomic E-state index is -0.853. The first-order valence-electron chi connectivity index (χ1n) is 5.06. The van der Waals surface area contributed by atoms with Crippen LogP contribution in [0.25, 0.3) is 0 Å².